The minimum absolute atomic E-state index is 0.835. The van der Waals surface area contributed by atoms with Gasteiger partial charge in [-0.05, 0) is 174 Å². The van der Waals surface area contributed by atoms with Gasteiger partial charge in [-0.3, -0.25) is 0 Å². The number of aryl methyl sites for hydroxylation is 3. The summed E-state index contributed by atoms with van der Waals surface area (Å²) in [6, 6.07) is 58.9. The summed E-state index contributed by atoms with van der Waals surface area (Å²) in [7, 11) is 0. The maximum Gasteiger partial charge on any atom is -0.0108 e. The van der Waals surface area contributed by atoms with E-state index in [1.807, 2.05) is 6.07 Å². The Labute approximate surface area is 341 Å². The van der Waals surface area contributed by atoms with E-state index in [1.165, 1.54) is 107 Å². The van der Waals surface area contributed by atoms with Crippen molar-refractivity contribution in [3.8, 4) is 44.5 Å². The van der Waals surface area contributed by atoms with Crippen LogP contribution in [0.25, 0.3) is 44.5 Å². The van der Waals surface area contributed by atoms with E-state index < -0.39 is 0 Å². The molecule has 57 heavy (non-hydrogen) atoms. The van der Waals surface area contributed by atoms with Crippen molar-refractivity contribution in [3.63, 3.8) is 0 Å². The van der Waals surface area contributed by atoms with Crippen molar-refractivity contribution in [2.75, 3.05) is 0 Å². The molecule has 0 atom stereocenters. The van der Waals surface area contributed by atoms with E-state index in [0.29, 0.717) is 0 Å². The van der Waals surface area contributed by atoms with Crippen molar-refractivity contribution in [1.82, 2.24) is 0 Å². The van der Waals surface area contributed by atoms with Gasteiger partial charge in [0.25, 0.3) is 0 Å². The SMILES string of the molecule is Cc1ccc(-c2c3c(cc4c2C2CCC4CC2)C2CCC3CC2)cc1.Cc1ccc(-c2ccccc2)cc1-c1ccccc1.Cc1cccc(-c2ccccc2)c1. The van der Waals surface area contributed by atoms with Gasteiger partial charge in [-0.2, -0.15) is 0 Å². The Morgan fingerprint density at radius 2 is 0.754 bits per heavy atom. The van der Waals surface area contributed by atoms with Crippen LogP contribution in [0.3, 0.4) is 0 Å². The fraction of sp³-hybridized carbons (Fsp3) is 0.263. The van der Waals surface area contributed by atoms with Crippen molar-refractivity contribution < 1.29 is 0 Å². The van der Waals surface area contributed by atoms with Crippen LogP contribution in [-0.2, 0) is 0 Å². The van der Waals surface area contributed by atoms with Crippen molar-refractivity contribution in [1.29, 1.82) is 0 Å². The first-order chi connectivity index (χ1) is 28.0. The number of hydrogen-bond acceptors (Lipinski definition) is 0. The van der Waals surface area contributed by atoms with Crippen LogP contribution in [0.5, 0.6) is 0 Å². The summed E-state index contributed by atoms with van der Waals surface area (Å²) in [5.41, 5.74) is 22.0. The van der Waals surface area contributed by atoms with E-state index >= 15 is 0 Å². The third-order valence-electron chi connectivity index (χ3n) is 13.5. The summed E-state index contributed by atoms with van der Waals surface area (Å²) >= 11 is 0. The van der Waals surface area contributed by atoms with E-state index in [1.54, 1.807) is 27.8 Å². The lowest BCUT2D eigenvalue weighted by atomic mass is 9.59. The zero-order chi connectivity index (χ0) is 38.7. The summed E-state index contributed by atoms with van der Waals surface area (Å²) in [5.74, 6) is 3.38. The minimum Gasteiger partial charge on any atom is -0.0622 e. The molecule has 0 unspecified atom stereocenters. The van der Waals surface area contributed by atoms with Crippen molar-refractivity contribution >= 4 is 0 Å². The first-order valence-corrected chi connectivity index (χ1v) is 21.6. The van der Waals surface area contributed by atoms with Gasteiger partial charge in [-0.15, -0.1) is 0 Å². The van der Waals surface area contributed by atoms with Crippen LogP contribution in [0, 0.1) is 20.8 Å². The van der Waals surface area contributed by atoms with Crippen molar-refractivity contribution in [3.05, 3.63) is 203 Å². The molecule has 6 aliphatic carbocycles. The third kappa shape index (κ3) is 7.80. The van der Waals surface area contributed by atoms with Crippen LogP contribution in [0.15, 0.2) is 164 Å². The van der Waals surface area contributed by atoms with E-state index in [-0.39, 0.29) is 0 Å². The maximum atomic E-state index is 2.72. The highest BCUT2D eigenvalue weighted by molar-refractivity contribution is 5.78. The normalized spacial score (nSPS) is 19.6. The Balaban J connectivity index is 0.000000118. The molecule has 0 N–H and O–H groups in total. The van der Waals surface area contributed by atoms with Crippen molar-refractivity contribution in [2.24, 2.45) is 0 Å². The number of hydrogen-bond donors (Lipinski definition) is 0. The Kier molecular flexibility index (Phi) is 10.8. The zero-order valence-corrected chi connectivity index (χ0v) is 34.1. The second kappa shape index (κ2) is 16.6. The Morgan fingerprint density at radius 1 is 0.316 bits per heavy atom. The summed E-state index contributed by atoms with van der Waals surface area (Å²) in [4.78, 5) is 0. The molecule has 0 radical (unpaired) electrons. The quantitative estimate of drug-likeness (QED) is 0.169. The third-order valence-corrected chi connectivity index (χ3v) is 13.5. The fourth-order valence-electron chi connectivity index (χ4n) is 10.5. The average molecular weight is 741 g/mol. The molecule has 2 saturated carbocycles. The van der Waals surface area contributed by atoms with Gasteiger partial charge < -0.3 is 0 Å². The monoisotopic (exact) mass is 740 g/mol. The van der Waals surface area contributed by atoms with Gasteiger partial charge in [0.15, 0.2) is 0 Å². The molecule has 6 aliphatic rings. The molecule has 4 bridgehead atoms. The lowest BCUT2D eigenvalue weighted by Gasteiger charge is -2.46. The van der Waals surface area contributed by atoms with Crippen LogP contribution < -0.4 is 0 Å². The standard InChI is InChI=1S/C25H28.C19H16.C13H12/c1-15-2-4-20(5-3-15)25-23-18-10-6-16(7-11-18)21(23)14-22-17-8-12-19(13-9-17)24(22)25;1-15-12-13-18(16-8-4-2-5-9-16)14-19(15)17-10-6-3-7-11-17;1-11-6-5-9-13(10-11)12-7-3-2-4-8-12/h2-5,14,16-19H,6-13H2,1H3;2-14H,1H3;2-10H,1H3. The molecule has 13 rings (SSSR count). The molecule has 0 heteroatoms. The summed E-state index contributed by atoms with van der Waals surface area (Å²) in [5, 5.41) is 0. The van der Waals surface area contributed by atoms with E-state index in [4.69, 9.17) is 0 Å². The highest BCUT2D eigenvalue weighted by Crippen LogP contribution is 2.59. The Bertz CT molecular complexity index is 2380. The summed E-state index contributed by atoms with van der Waals surface area (Å²) < 4.78 is 0. The highest BCUT2D eigenvalue weighted by atomic mass is 14.5. The average Bonchev–Trinajstić information content (AvgIpc) is 3.28. The largest absolute Gasteiger partial charge is 0.0622 e. The molecule has 284 valence electrons. The molecule has 0 saturated heterocycles. The number of rotatable bonds is 4. The minimum atomic E-state index is 0.835. The molecular formula is C57H56. The molecule has 0 nitrogen and oxygen atoms in total. The van der Waals surface area contributed by atoms with Crippen LogP contribution in [0.2, 0.25) is 0 Å². The van der Waals surface area contributed by atoms with Gasteiger partial charge in [0.2, 0.25) is 0 Å². The van der Waals surface area contributed by atoms with Gasteiger partial charge in [0, 0.05) is 0 Å². The highest BCUT2D eigenvalue weighted by Gasteiger charge is 2.41. The predicted molar refractivity (Wildman–Crippen MR) is 243 cm³/mol. The Hall–Kier alpha value is -5.46. The molecule has 0 aromatic heterocycles. The van der Waals surface area contributed by atoms with Gasteiger partial charge in [0.05, 0.1) is 0 Å². The van der Waals surface area contributed by atoms with Crippen LogP contribution in [-0.4, -0.2) is 0 Å². The lowest BCUT2D eigenvalue weighted by Crippen LogP contribution is -2.28. The Morgan fingerprint density at radius 3 is 1.26 bits per heavy atom. The van der Waals surface area contributed by atoms with Crippen molar-refractivity contribution in [2.45, 2.75) is 95.8 Å². The lowest BCUT2D eigenvalue weighted by molar-refractivity contribution is 0.342. The van der Waals surface area contributed by atoms with Gasteiger partial charge in [-0.25, -0.2) is 0 Å². The predicted octanol–water partition coefficient (Wildman–Crippen LogP) is 16.2. The first kappa shape index (κ1) is 37.1. The van der Waals surface area contributed by atoms with Gasteiger partial charge >= 0.3 is 0 Å². The first-order valence-electron chi connectivity index (χ1n) is 21.6. The molecule has 0 amide bonds. The second-order valence-electron chi connectivity index (χ2n) is 17.2. The van der Waals surface area contributed by atoms with Crippen LogP contribution in [0.4, 0.5) is 0 Å². The smallest absolute Gasteiger partial charge is 0.0108 e. The van der Waals surface area contributed by atoms with Gasteiger partial charge in [-0.1, -0.05) is 169 Å². The molecule has 7 aromatic carbocycles. The van der Waals surface area contributed by atoms with E-state index in [9.17, 15) is 0 Å². The molecule has 0 spiro atoms. The fourth-order valence-corrected chi connectivity index (χ4v) is 10.5. The molecule has 0 aliphatic heterocycles. The molecule has 2 fully saturated rings. The molecular weight excluding hydrogens is 685 g/mol. The number of fused-ring (bicyclic) bond motifs is 4. The molecule has 7 aromatic rings. The second-order valence-corrected chi connectivity index (χ2v) is 17.2. The van der Waals surface area contributed by atoms with Crippen LogP contribution in [0.1, 0.15) is 114 Å². The number of benzene rings is 7. The zero-order valence-electron chi connectivity index (χ0n) is 34.1. The summed E-state index contributed by atoms with van der Waals surface area (Å²) in [6.07, 6.45) is 11.5. The van der Waals surface area contributed by atoms with Crippen LogP contribution >= 0.6 is 0 Å². The molecule has 0 heterocycles. The van der Waals surface area contributed by atoms with E-state index in [2.05, 4.69) is 178 Å². The van der Waals surface area contributed by atoms with Gasteiger partial charge in [0.1, 0.15) is 0 Å². The topological polar surface area (TPSA) is 0 Å². The summed E-state index contributed by atoms with van der Waals surface area (Å²) in [6.45, 7) is 6.49. The maximum absolute atomic E-state index is 2.72. The van der Waals surface area contributed by atoms with E-state index in [0.717, 1.165) is 23.7 Å².